The minimum Gasteiger partial charge on any atom is -0.502 e. The van der Waals surface area contributed by atoms with Crippen molar-refractivity contribution in [1.82, 2.24) is 4.90 Å². The van der Waals surface area contributed by atoms with Crippen molar-refractivity contribution < 1.29 is 18.8 Å². The highest BCUT2D eigenvalue weighted by atomic mass is 32.2. The lowest BCUT2D eigenvalue weighted by Crippen LogP contribution is -2.37. The van der Waals surface area contributed by atoms with Gasteiger partial charge in [-0.25, -0.2) is 0 Å². The molecule has 0 atom stereocenters. The second kappa shape index (κ2) is 6.25. The van der Waals surface area contributed by atoms with Crippen molar-refractivity contribution >= 4 is 10.8 Å². The smallest absolute Gasteiger partial charge is 0.200 e. The molecule has 1 N–H and O–H groups in total. The van der Waals surface area contributed by atoms with E-state index in [0.717, 1.165) is 36.7 Å². The summed E-state index contributed by atoms with van der Waals surface area (Å²) in [7, 11) is 2.37. The lowest BCUT2D eigenvalue weighted by molar-refractivity contribution is 0.288. The highest BCUT2D eigenvalue weighted by Crippen LogP contribution is 2.37. The van der Waals surface area contributed by atoms with Crippen LogP contribution in [0.25, 0.3) is 0 Å². The Morgan fingerprint density at radius 1 is 1.21 bits per heavy atom. The summed E-state index contributed by atoms with van der Waals surface area (Å²) in [5.74, 6) is 2.30. The fourth-order valence-electron chi connectivity index (χ4n) is 2.13. The molecule has 1 aromatic rings. The highest BCUT2D eigenvalue weighted by molar-refractivity contribution is 7.85. The van der Waals surface area contributed by atoms with Gasteiger partial charge < -0.3 is 14.6 Å². The van der Waals surface area contributed by atoms with Gasteiger partial charge in [-0.1, -0.05) is 0 Å². The van der Waals surface area contributed by atoms with Crippen LogP contribution in [0.15, 0.2) is 12.1 Å². The van der Waals surface area contributed by atoms with Crippen LogP contribution in [-0.4, -0.2) is 53.0 Å². The number of nitrogens with zero attached hydrogens (tertiary/aromatic N) is 1. The fraction of sp³-hybridized carbons (Fsp3) is 0.538. The first kappa shape index (κ1) is 14.1. The van der Waals surface area contributed by atoms with Gasteiger partial charge in [-0.2, -0.15) is 0 Å². The molecule has 0 aromatic heterocycles. The number of hydrogen-bond acceptors (Lipinski definition) is 5. The van der Waals surface area contributed by atoms with Crippen molar-refractivity contribution in [2.24, 2.45) is 0 Å². The Kier molecular flexibility index (Phi) is 4.66. The van der Waals surface area contributed by atoms with Crippen molar-refractivity contribution in [2.75, 3.05) is 38.8 Å². The molecule has 0 saturated carbocycles. The second-order valence-corrected chi connectivity index (χ2v) is 6.17. The van der Waals surface area contributed by atoms with Gasteiger partial charge in [0, 0.05) is 41.9 Å². The van der Waals surface area contributed by atoms with Crippen molar-refractivity contribution in [1.29, 1.82) is 0 Å². The summed E-state index contributed by atoms with van der Waals surface area (Å²) in [4.78, 5) is 2.24. The molecule has 0 amide bonds. The van der Waals surface area contributed by atoms with E-state index in [1.54, 1.807) is 0 Å². The topological polar surface area (TPSA) is 59.0 Å². The van der Waals surface area contributed by atoms with Crippen molar-refractivity contribution in [3.63, 3.8) is 0 Å². The molecule has 19 heavy (non-hydrogen) atoms. The maximum absolute atomic E-state index is 11.3. The largest absolute Gasteiger partial charge is 0.502 e. The minimum atomic E-state index is -0.666. The van der Waals surface area contributed by atoms with E-state index in [-0.39, 0.29) is 5.75 Å². The van der Waals surface area contributed by atoms with Crippen molar-refractivity contribution in [2.45, 2.75) is 6.54 Å². The average molecular weight is 285 g/mol. The molecule has 0 spiro atoms. The lowest BCUT2D eigenvalue weighted by atomic mass is 10.1. The number of ether oxygens (including phenoxy) is 2. The average Bonchev–Trinajstić information content (AvgIpc) is 2.43. The van der Waals surface area contributed by atoms with Crippen LogP contribution in [0.5, 0.6) is 17.2 Å². The molecule has 1 aromatic carbocycles. The molecule has 0 aliphatic carbocycles. The van der Waals surface area contributed by atoms with Crippen LogP contribution in [0.4, 0.5) is 0 Å². The van der Waals surface area contributed by atoms with E-state index in [1.807, 2.05) is 12.1 Å². The van der Waals surface area contributed by atoms with Crippen LogP contribution >= 0.6 is 0 Å². The van der Waals surface area contributed by atoms with Gasteiger partial charge in [0.1, 0.15) is 0 Å². The van der Waals surface area contributed by atoms with Crippen LogP contribution in [0.1, 0.15) is 5.56 Å². The third kappa shape index (κ3) is 3.39. The zero-order valence-electron chi connectivity index (χ0n) is 11.2. The molecule has 1 aliphatic heterocycles. The van der Waals surface area contributed by atoms with E-state index >= 15 is 0 Å². The molecule has 1 heterocycles. The molecule has 1 fully saturated rings. The molecule has 2 rings (SSSR count). The Bertz CT molecular complexity index is 443. The molecule has 0 unspecified atom stereocenters. The number of methoxy groups -OCH3 is 2. The Morgan fingerprint density at radius 2 is 1.74 bits per heavy atom. The number of phenols is 1. The van der Waals surface area contributed by atoms with E-state index in [1.165, 1.54) is 14.2 Å². The fourth-order valence-corrected chi connectivity index (χ4v) is 3.26. The molecule has 1 aliphatic rings. The van der Waals surface area contributed by atoms with Gasteiger partial charge in [0.2, 0.25) is 5.75 Å². The molecular formula is C13H19NO4S. The van der Waals surface area contributed by atoms with E-state index in [0.29, 0.717) is 11.5 Å². The number of phenolic OH excluding ortho intramolecular Hbond substituents is 1. The Hall–Kier alpha value is -1.27. The van der Waals surface area contributed by atoms with Crippen LogP contribution in [-0.2, 0) is 17.3 Å². The quantitative estimate of drug-likeness (QED) is 0.893. The maximum Gasteiger partial charge on any atom is 0.200 e. The predicted octanol–water partition coefficient (Wildman–Crippen LogP) is 0.974. The first-order chi connectivity index (χ1) is 9.13. The van der Waals surface area contributed by atoms with Crippen molar-refractivity contribution in [3.05, 3.63) is 17.7 Å². The molecule has 5 nitrogen and oxygen atoms in total. The molecule has 106 valence electrons. The van der Waals surface area contributed by atoms with Crippen LogP contribution in [0.3, 0.4) is 0 Å². The normalized spacial score (nSPS) is 17.4. The highest BCUT2D eigenvalue weighted by Gasteiger charge is 2.17. The van der Waals surface area contributed by atoms with Gasteiger partial charge in [-0.3, -0.25) is 9.11 Å². The van der Waals surface area contributed by atoms with Crippen LogP contribution < -0.4 is 9.47 Å². The van der Waals surface area contributed by atoms with E-state index in [9.17, 15) is 9.32 Å². The summed E-state index contributed by atoms with van der Waals surface area (Å²) in [6, 6.07) is 3.62. The van der Waals surface area contributed by atoms with Crippen LogP contribution in [0.2, 0.25) is 0 Å². The first-order valence-corrected chi connectivity index (χ1v) is 7.64. The minimum absolute atomic E-state index is 0.0218. The molecule has 0 radical (unpaired) electrons. The summed E-state index contributed by atoms with van der Waals surface area (Å²) in [6.45, 7) is 2.40. The Morgan fingerprint density at radius 3 is 2.21 bits per heavy atom. The molecular weight excluding hydrogens is 266 g/mol. The Balaban J connectivity index is 2.13. The van der Waals surface area contributed by atoms with Gasteiger partial charge >= 0.3 is 0 Å². The third-order valence-electron chi connectivity index (χ3n) is 3.22. The number of aromatic hydroxyl groups is 1. The summed E-state index contributed by atoms with van der Waals surface area (Å²) in [5.41, 5.74) is 1.01. The van der Waals surface area contributed by atoms with E-state index in [4.69, 9.17) is 9.47 Å². The summed E-state index contributed by atoms with van der Waals surface area (Å²) >= 11 is 0. The number of rotatable bonds is 4. The molecule has 1 saturated heterocycles. The van der Waals surface area contributed by atoms with Gasteiger partial charge in [0.25, 0.3) is 0 Å². The summed E-state index contributed by atoms with van der Waals surface area (Å²) in [6.07, 6.45) is 0. The van der Waals surface area contributed by atoms with Gasteiger partial charge in [-0.05, 0) is 17.7 Å². The second-order valence-electron chi connectivity index (χ2n) is 4.47. The number of benzene rings is 1. The predicted molar refractivity (Wildman–Crippen MR) is 74.4 cm³/mol. The zero-order chi connectivity index (χ0) is 13.8. The first-order valence-electron chi connectivity index (χ1n) is 6.15. The van der Waals surface area contributed by atoms with E-state index in [2.05, 4.69) is 4.90 Å². The van der Waals surface area contributed by atoms with E-state index < -0.39 is 10.8 Å². The molecule has 0 bridgehead atoms. The maximum atomic E-state index is 11.3. The van der Waals surface area contributed by atoms with Gasteiger partial charge in [0.15, 0.2) is 11.5 Å². The monoisotopic (exact) mass is 285 g/mol. The summed E-state index contributed by atoms with van der Waals surface area (Å²) in [5, 5.41) is 9.85. The third-order valence-corrected chi connectivity index (χ3v) is 4.49. The van der Waals surface area contributed by atoms with Gasteiger partial charge in [-0.15, -0.1) is 0 Å². The van der Waals surface area contributed by atoms with Gasteiger partial charge in [0.05, 0.1) is 14.2 Å². The molecule has 6 heteroatoms. The zero-order valence-corrected chi connectivity index (χ0v) is 12.0. The van der Waals surface area contributed by atoms with Crippen LogP contribution in [0, 0.1) is 0 Å². The SMILES string of the molecule is COc1cc(CN2CCS(=O)CC2)cc(OC)c1O. The van der Waals surface area contributed by atoms with Crippen molar-refractivity contribution in [3.8, 4) is 17.2 Å². The Labute approximate surface area is 115 Å². The lowest BCUT2D eigenvalue weighted by Gasteiger charge is -2.26. The standard InChI is InChI=1S/C13H19NO4S/c1-17-11-7-10(8-12(18-2)13(11)15)9-14-3-5-19(16)6-4-14/h7-8,15H,3-6,9H2,1-2H3. The summed E-state index contributed by atoms with van der Waals surface area (Å²) < 4.78 is 21.6. The number of hydrogen-bond donors (Lipinski definition) is 1.